The van der Waals surface area contributed by atoms with Gasteiger partial charge in [-0.15, -0.1) is 0 Å². The minimum atomic E-state index is -2.87. The fourth-order valence-corrected chi connectivity index (χ4v) is 3.47. The molecule has 1 saturated heterocycles. The second-order valence-electron chi connectivity index (χ2n) is 3.96. The quantitative estimate of drug-likeness (QED) is 0.700. The van der Waals surface area contributed by atoms with Crippen LogP contribution in [-0.2, 0) is 19.4 Å². The molecule has 1 rings (SSSR count). The van der Waals surface area contributed by atoms with E-state index in [1.165, 1.54) is 0 Å². The second kappa shape index (κ2) is 6.20. The molecule has 0 radical (unpaired) electrons. The van der Waals surface area contributed by atoms with Crippen molar-refractivity contribution in [3.63, 3.8) is 0 Å². The van der Waals surface area contributed by atoms with Gasteiger partial charge in [0.15, 0.2) is 9.84 Å². The van der Waals surface area contributed by atoms with Crippen molar-refractivity contribution in [2.75, 3.05) is 24.7 Å². The van der Waals surface area contributed by atoms with E-state index in [0.717, 1.165) is 6.42 Å². The van der Waals surface area contributed by atoms with Crippen LogP contribution in [0.4, 0.5) is 0 Å². The summed E-state index contributed by atoms with van der Waals surface area (Å²) in [6.45, 7) is 2.63. The van der Waals surface area contributed by atoms with E-state index >= 15 is 0 Å². The lowest BCUT2D eigenvalue weighted by atomic mass is 10.2. The second-order valence-corrected chi connectivity index (χ2v) is 6.19. The van der Waals surface area contributed by atoms with Gasteiger partial charge in [-0.1, -0.05) is 0 Å². The third-order valence-corrected chi connectivity index (χ3v) is 4.35. The summed E-state index contributed by atoms with van der Waals surface area (Å²) in [6.07, 6.45) is 1.87. The summed E-state index contributed by atoms with van der Waals surface area (Å²) in [5, 5.41) is 3.09. The molecule has 1 fully saturated rings. The summed E-state index contributed by atoms with van der Waals surface area (Å²) in [4.78, 5) is 11.0. The number of carbonyl (C=O) groups is 1. The molecule has 94 valence electrons. The minimum Gasteiger partial charge on any atom is -0.466 e. The van der Waals surface area contributed by atoms with E-state index in [2.05, 4.69) is 5.32 Å². The van der Waals surface area contributed by atoms with Gasteiger partial charge in [0.2, 0.25) is 0 Å². The van der Waals surface area contributed by atoms with Crippen LogP contribution >= 0.6 is 0 Å². The average Bonchev–Trinajstić information content (AvgIpc) is 2.16. The molecule has 16 heavy (non-hydrogen) atoms. The summed E-state index contributed by atoms with van der Waals surface area (Å²) < 4.78 is 27.4. The average molecular weight is 249 g/mol. The van der Waals surface area contributed by atoms with Crippen LogP contribution in [0.1, 0.15) is 26.2 Å². The molecule has 1 aliphatic rings. The van der Waals surface area contributed by atoms with Crippen molar-refractivity contribution < 1.29 is 17.9 Å². The van der Waals surface area contributed by atoms with E-state index < -0.39 is 9.84 Å². The smallest absolute Gasteiger partial charge is 0.307 e. The highest BCUT2D eigenvalue weighted by atomic mass is 32.2. The first kappa shape index (κ1) is 13.4. The largest absolute Gasteiger partial charge is 0.466 e. The molecule has 0 bridgehead atoms. The zero-order chi connectivity index (χ0) is 12.0. The molecule has 0 amide bonds. The standard InChI is InChI=1S/C10H19NO4S/c1-2-15-10(12)5-6-11-9-4-3-7-16(13,14)8-9/h9,11H,2-8H2,1H3. The molecule has 1 unspecified atom stereocenters. The molecule has 0 aromatic rings. The Morgan fingerprint density at radius 2 is 2.25 bits per heavy atom. The van der Waals surface area contributed by atoms with E-state index in [1.807, 2.05) is 0 Å². The van der Waals surface area contributed by atoms with Crippen molar-refractivity contribution >= 4 is 15.8 Å². The van der Waals surface area contributed by atoms with Gasteiger partial charge in [-0.2, -0.15) is 0 Å². The predicted octanol–water partition coefficient (Wildman–Crippen LogP) is 0.106. The molecule has 5 nitrogen and oxygen atoms in total. The Morgan fingerprint density at radius 1 is 1.50 bits per heavy atom. The van der Waals surface area contributed by atoms with Crippen molar-refractivity contribution in [2.24, 2.45) is 0 Å². The Bertz CT molecular complexity index is 326. The summed E-state index contributed by atoms with van der Waals surface area (Å²) >= 11 is 0. The summed E-state index contributed by atoms with van der Waals surface area (Å²) in [5.74, 6) is 0.243. The molecular formula is C10H19NO4S. The van der Waals surface area contributed by atoms with Gasteiger partial charge in [0.25, 0.3) is 0 Å². The first-order valence-electron chi connectivity index (χ1n) is 5.63. The Labute approximate surface area is 96.5 Å². The maximum Gasteiger partial charge on any atom is 0.307 e. The van der Waals surface area contributed by atoms with Crippen LogP contribution in [0.5, 0.6) is 0 Å². The molecule has 0 saturated carbocycles. The van der Waals surface area contributed by atoms with Crippen molar-refractivity contribution in [2.45, 2.75) is 32.2 Å². The Hall–Kier alpha value is -0.620. The maximum atomic E-state index is 11.3. The Morgan fingerprint density at radius 3 is 2.88 bits per heavy atom. The fourth-order valence-electron chi connectivity index (χ4n) is 1.80. The maximum absolute atomic E-state index is 11.3. The van der Waals surface area contributed by atoms with Gasteiger partial charge in [-0.25, -0.2) is 8.42 Å². The van der Waals surface area contributed by atoms with Crippen LogP contribution in [0.2, 0.25) is 0 Å². The van der Waals surface area contributed by atoms with Gasteiger partial charge in [-0.3, -0.25) is 4.79 Å². The first-order valence-corrected chi connectivity index (χ1v) is 7.45. The van der Waals surface area contributed by atoms with Crippen LogP contribution < -0.4 is 5.32 Å². The van der Waals surface area contributed by atoms with E-state index in [1.54, 1.807) is 6.92 Å². The minimum absolute atomic E-state index is 0.00632. The number of esters is 1. The molecule has 0 aromatic heterocycles. The molecule has 6 heteroatoms. The Balaban J connectivity index is 2.20. The number of rotatable bonds is 5. The highest BCUT2D eigenvalue weighted by Crippen LogP contribution is 2.11. The van der Waals surface area contributed by atoms with Gasteiger partial charge in [0, 0.05) is 12.6 Å². The SMILES string of the molecule is CCOC(=O)CCNC1CCCS(=O)(=O)C1. The molecule has 0 aliphatic carbocycles. The van der Waals surface area contributed by atoms with Crippen LogP contribution in [0, 0.1) is 0 Å². The number of ether oxygens (including phenoxy) is 1. The number of hydrogen-bond acceptors (Lipinski definition) is 5. The summed E-state index contributed by atoms with van der Waals surface area (Å²) in [7, 11) is -2.87. The lowest BCUT2D eigenvalue weighted by molar-refractivity contribution is -0.142. The number of sulfone groups is 1. The normalized spacial score (nSPS) is 23.9. The van der Waals surface area contributed by atoms with Crippen LogP contribution in [-0.4, -0.2) is 45.1 Å². The monoisotopic (exact) mass is 249 g/mol. The summed E-state index contributed by atoms with van der Waals surface area (Å²) in [6, 6.07) is -0.00632. The van der Waals surface area contributed by atoms with E-state index in [0.29, 0.717) is 31.7 Å². The lowest BCUT2D eigenvalue weighted by Crippen LogP contribution is -2.41. The van der Waals surface area contributed by atoms with E-state index in [4.69, 9.17) is 4.74 Å². The van der Waals surface area contributed by atoms with Gasteiger partial charge in [0.05, 0.1) is 24.5 Å². The van der Waals surface area contributed by atoms with Gasteiger partial charge in [-0.05, 0) is 19.8 Å². The van der Waals surface area contributed by atoms with Gasteiger partial charge < -0.3 is 10.1 Å². The van der Waals surface area contributed by atoms with Crippen molar-refractivity contribution in [1.29, 1.82) is 0 Å². The van der Waals surface area contributed by atoms with Crippen molar-refractivity contribution in [3.8, 4) is 0 Å². The van der Waals surface area contributed by atoms with E-state index in [9.17, 15) is 13.2 Å². The highest BCUT2D eigenvalue weighted by Gasteiger charge is 2.24. The van der Waals surface area contributed by atoms with Crippen LogP contribution in [0.15, 0.2) is 0 Å². The molecule has 1 N–H and O–H groups in total. The number of nitrogens with one attached hydrogen (secondary N) is 1. The van der Waals surface area contributed by atoms with Crippen molar-refractivity contribution in [3.05, 3.63) is 0 Å². The third kappa shape index (κ3) is 4.94. The molecule has 0 aromatic carbocycles. The number of carbonyl (C=O) groups excluding carboxylic acids is 1. The van der Waals surface area contributed by atoms with Crippen LogP contribution in [0.3, 0.4) is 0 Å². The molecular weight excluding hydrogens is 230 g/mol. The molecule has 1 aliphatic heterocycles. The predicted molar refractivity (Wildman–Crippen MR) is 60.9 cm³/mol. The molecule has 1 heterocycles. The van der Waals surface area contributed by atoms with Gasteiger partial charge >= 0.3 is 5.97 Å². The first-order chi connectivity index (χ1) is 7.53. The zero-order valence-electron chi connectivity index (χ0n) is 9.57. The zero-order valence-corrected chi connectivity index (χ0v) is 10.4. The van der Waals surface area contributed by atoms with Crippen molar-refractivity contribution in [1.82, 2.24) is 5.32 Å². The highest BCUT2D eigenvalue weighted by molar-refractivity contribution is 7.91. The Kier molecular flexibility index (Phi) is 5.21. The van der Waals surface area contributed by atoms with E-state index in [-0.39, 0.29) is 17.8 Å². The fraction of sp³-hybridized carbons (Fsp3) is 0.900. The topological polar surface area (TPSA) is 72.5 Å². The van der Waals surface area contributed by atoms with Crippen LogP contribution in [0.25, 0.3) is 0 Å². The summed E-state index contributed by atoms with van der Waals surface area (Å²) in [5.41, 5.74) is 0. The third-order valence-electron chi connectivity index (χ3n) is 2.53. The number of hydrogen-bond donors (Lipinski definition) is 1. The van der Waals surface area contributed by atoms with Gasteiger partial charge in [0.1, 0.15) is 0 Å². The molecule has 0 spiro atoms. The molecule has 1 atom stereocenters. The lowest BCUT2D eigenvalue weighted by Gasteiger charge is -2.22.